The van der Waals surface area contributed by atoms with E-state index < -0.39 is 0 Å². The minimum Gasteiger partial charge on any atom is -0.399 e. The van der Waals surface area contributed by atoms with Crippen molar-refractivity contribution in [3.8, 4) is 0 Å². The van der Waals surface area contributed by atoms with E-state index in [-0.39, 0.29) is 17.5 Å². The van der Waals surface area contributed by atoms with Crippen LogP contribution in [0, 0.1) is 0 Å². The lowest BCUT2D eigenvalue weighted by atomic mass is 9.80. The van der Waals surface area contributed by atoms with Crippen LogP contribution in [0.1, 0.15) is 29.9 Å². The van der Waals surface area contributed by atoms with Crippen LogP contribution in [0.15, 0.2) is 66.4 Å². The lowest BCUT2D eigenvalue weighted by Gasteiger charge is -2.24. The Kier molecular flexibility index (Phi) is 4.98. The Hall–Kier alpha value is -2.88. The number of benzene rings is 2. The van der Waals surface area contributed by atoms with Gasteiger partial charge in [-0.3, -0.25) is 9.59 Å². The highest BCUT2D eigenvalue weighted by Crippen LogP contribution is 2.31. The highest BCUT2D eigenvalue weighted by molar-refractivity contribution is 6.22. The number of hydrogen-bond donors (Lipinski definition) is 1. The van der Waals surface area contributed by atoms with Gasteiger partial charge in [0.1, 0.15) is 0 Å². The van der Waals surface area contributed by atoms with Gasteiger partial charge in [0, 0.05) is 38.3 Å². The predicted molar refractivity (Wildman–Crippen MR) is 98.8 cm³/mol. The van der Waals surface area contributed by atoms with E-state index >= 15 is 0 Å². The molecule has 1 saturated carbocycles. The summed E-state index contributed by atoms with van der Waals surface area (Å²) in [6.45, 7) is 0.618. The average molecular weight is 334 g/mol. The van der Waals surface area contributed by atoms with Crippen LogP contribution in [0.5, 0.6) is 0 Å². The van der Waals surface area contributed by atoms with Crippen molar-refractivity contribution in [2.75, 3.05) is 12.8 Å². The van der Waals surface area contributed by atoms with E-state index in [0.717, 1.165) is 11.1 Å². The number of carbonyl (C=O) groups excluding carboxylic acids is 2. The molecular weight excluding hydrogens is 312 g/mol. The lowest BCUT2D eigenvalue weighted by Crippen LogP contribution is -2.27. The number of nitrogen functional groups attached to an aromatic ring is 1. The summed E-state index contributed by atoms with van der Waals surface area (Å²) in [7, 11) is 1.87. The smallest absolute Gasteiger partial charge is 0.168 e. The van der Waals surface area contributed by atoms with E-state index in [2.05, 4.69) is 0 Å². The third-order valence-corrected chi connectivity index (χ3v) is 4.50. The Morgan fingerprint density at radius 2 is 1.60 bits per heavy atom. The Balaban J connectivity index is 1.70. The summed E-state index contributed by atoms with van der Waals surface area (Å²) in [5, 5.41) is 0. The van der Waals surface area contributed by atoms with E-state index in [9.17, 15) is 9.59 Å². The molecule has 0 aromatic heterocycles. The predicted octanol–water partition coefficient (Wildman–Crippen LogP) is 3.30. The minimum absolute atomic E-state index is 0.0132. The first-order valence-electron chi connectivity index (χ1n) is 8.41. The molecule has 3 rings (SSSR count). The zero-order valence-corrected chi connectivity index (χ0v) is 14.3. The van der Waals surface area contributed by atoms with E-state index in [0.29, 0.717) is 30.6 Å². The van der Waals surface area contributed by atoms with Gasteiger partial charge in [-0.1, -0.05) is 42.5 Å². The molecule has 0 saturated heterocycles. The molecule has 1 fully saturated rings. The largest absolute Gasteiger partial charge is 0.399 e. The van der Waals surface area contributed by atoms with Gasteiger partial charge < -0.3 is 10.6 Å². The topological polar surface area (TPSA) is 63.4 Å². The summed E-state index contributed by atoms with van der Waals surface area (Å²) in [6.07, 6.45) is 2.46. The summed E-state index contributed by atoms with van der Waals surface area (Å²) in [5.41, 5.74) is 8.85. The molecule has 0 spiro atoms. The maximum atomic E-state index is 12.5. The second-order valence-corrected chi connectivity index (χ2v) is 6.56. The summed E-state index contributed by atoms with van der Waals surface area (Å²) in [6, 6.07) is 17.4. The molecule has 2 N–H and O–H groups in total. The Morgan fingerprint density at radius 1 is 1.00 bits per heavy atom. The van der Waals surface area contributed by atoms with Gasteiger partial charge in [-0.2, -0.15) is 0 Å². The van der Waals surface area contributed by atoms with Gasteiger partial charge >= 0.3 is 0 Å². The quantitative estimate of drug-likeness (QED) is 0.529. The highest BCUT2D eigenvalue weighted by Gasteiger charge is 2.31. The number of rotatable bonds is 4. The molecule has 4 heteroatoms. The van der Waals surface area contributed by atoms with Crippen molar-refractivity contribution >= 4 is 17.3 Å². The van der Waals surface area contributed by atoms with Crippen molar-refractivity contribution in [1.29, 1.82) is 0 Å². The molecule has 1 aliphatic rings. The van der Waals surface area contributed by atoms with Crippen molar-refractivity contribution in [2.45, 2.75) is 25.3 Å². The van der Waals surface area contributed by atoms with Crippen LogP contribution in [-0.4, -0.2) is 23.5 Å². The SMILES string of the molecule is CN(C=C1C(=O)CC(c2ccccc2)CC1=O)Cc1ccc(N)cc1. The molecule has 0 atom stereocenters. The first-order valence-corrected chi connectivity index (χ1v) is 8.41. The maximum Gasteiger partial charge on any atom is 0.168 e. The molecule has 0 bridgehead atoms. The third kappa shape index (κ3) is 4.15. The summed E-state index contributed by atoms with van der Waals surface area (Å²) in [5.74, 6) is -0.163. The van der Waals surface area contributed by atoms with Crippen LogP contribution in [0.2, 0.25) is 0 Å². The Morgan fingerprint density at radius 3 is 2.20 bits per heavy atom. The van der Waals surface area contributed by atoms with Gasteiger partial charge in [-0.15, -0.1) is 0 Å². The van der Waals surface area contributed by atoms with E-state index in [1.807, 2.05) is 66.5 Å². The van der Waals surface area contributed by atoms with Crippen LogP contribution in [0.25, 0.3) is 0 Å². The van der Waals surface area contributed by atoms with Gasteiger partial charge in [0.2, 0.25) is 0 Å². The van der Waals surface area contributed by atoms with Crippen molar-refractivity contribution in [2.24, 2.45) is 0 Å². The van der Waals surface area contributed by atoms with Gasteiger partial charge in [-0.25, -0.2) is 0 Å². The standard InChI is InChI=1S/C21H22N2O2/c1-23(13-15-7-9-18(22)10-8-15)14-19-20(24)11-17(12-21(19)25)16-5-3-2-4-6-16/h2-10,14,17H,11-13,22H2,1H3. The van der Waals surface area contributed by atoms with Crippen LogP contribution < -0.4 is 5.73 Å². The molecule has 0 unspecified atom stereocenters. The molecule has 1 aliphatic carbocycles. The molecule has 0 heterocycles. The number of carbonyl (C=O) groups is 2. The van der Waals surface area contributed by atoms with Crippen LogP contribution >= 0.6 is 0 Å². The monoisotopic (exact) mass is 334 g/mol. The molecule has 0 radical (unpaired) electrons. The lowest BCUT2D eigenvalue weighted by molar-refractivity contribution is -0.124. The van der Waals surface area contributed by atoms with E-state index in [1.165, 1.54) is 0 Å². The normalized spacial score (nSPS) is 17.5. The number of Topliss-reactive ketones (excluding diaryl/α,β-unsaturated/α-hetero) is 2. The molecule has 0 aliphatic heterocycles. The molecule has 0 amide bonds. The summed E-state index contributed by atoms with van der Waals surface area (Å²) >= 11 is 0. The zero-order valence-electron chi connectivity index (χ0n) is 14.3. The molecule has 2 aromatic rings. The summed E-state index contributed by atoms with van der Waals surface area (Å²) in [4.78, 5) is 26.9. The van der Waals surface area contributed by atoms with Crippen LogP contribution in [0.3, 0.4) is 0 Å². The fraction of sp³-hybridized carbons (Fsp3) is 0.238. The molecule has 4 nitrogen and oxygen atoms in total. The number of nitrogens with zero attached hydrogens (tertiary/aromatic N) is 1. The molecular formula is C21H22N2O2. The van der Waals surface area contributed by atoms with Gasteiger partial charge in [0.25, 0.3) is 0 Å². The van der Waals surface area contributed by atoms with Crippen LogP contribution in [0.4, 0.5) is 5.69 Å². The van der Waals surface area contributed by atoms with Crippen molar-refractivity contribution in [3.63, 3.8) is 0 Å². The fourth-order valence-electron chi connectivity index (χ4n) is 3.18. The molecule has 128 valence electrons. The number of nitrogens with two attached hydrogens (primary N) is 1. The second kappa shape index (κ2) is 7.34. The third-order valence-electron chi connectivity index (χ3n) is 4.50. The number of ketones is 2. The van der Waals surface area contributed by atoms with Gasteiger partial charge in [-0.05, 0) is 29.2 Å². The van der Waals surface area contributed by atoms with Crippen molar-refractivity contribution < 1.29 is 9.59 Å². The van der Waals surface area contributed by atoms with E-state index in [4.69, 9.17) is 5.73 Å². The molecule has 25 heavy (non-hydrogen) atoms. The van der Waals surface area contributed by atoms with Gasteiger partial charge in [0.15, 0.2) is 11.6 Å². The first-order chi connectivity index (χ1) is 12.0. The Labute approximate surface area is 148 Å². The first kappa shape index (κ1) is 17.0. The fourth-order valence-corrected chi connectivity index (χ4v) is 3.18. The van der Waals surface area contributed by atoms with Crippen molar-refractivity contribution in [1.82, 2.24) is 4.90 Å². The number of anilines is 1. The number of allylic oxidation sites excluding steroid dienone is 1. The Bertz CT molecular complexity index is 774. The van der Waals surface area contributed by atoms with Crippen LogP contribution in [-0.2, 0) is 16.1 Å². The second-order valence-electron chi connectivity index (χ2n) is 6.56. The number of hydrogen-bond acceptors (Lipinski definition) is 4. The molecule has 2 aromatic carbocycles. The minimum atomic E-state index is -0.0748. The average Bonchev–Trinajstić information content (AvgIpc) is 2.61. The summed E-state index contributed by atoms with van der Waals surface area (Å²) < 4.78 is 0. The zero-order chi connectivity index (χ0) is 17.8. The maximum absolute atomic E-state index is 12.5. The highest BCUT2D eigenvalue weighted by atomic mass is 16.1. The van der Waals surface area contributed by atoms with E-state index in [1.54, 1.807) is 6.20 Å². The van der Waals surface area contributed by atoms with Gasteiger partial charge in [0.05, 0.1) is 5.57 Å². The van der Waals surface area contributed by atoms with Crippen molar-refractivity contribution in [3.05, 3.63) is 77.5 Å².